The van der Waals surface area contributed by atoms with Crippen LogP contribution in [0.3, 0.4) is 0 Å². The molecule has 1 unspecified atom stereocenters. The summed E-state index contributed by atoms with van der Waals surface area (Å²) < 4.78 is 43.7. The minimum atomic E-state index is -4.54. The normalized spacial score (nSPS) is 12.6. The number of aromatic nitrogens is 2. The SMILES string of the molecule is CC(C)(C)NC(=O)c1nn(-c2ccc(C#CCOCC(N)C(F)(F)F)cc2Cl)c(-c2ccc(Cl)cc2)c1N. The van der Waals surface area contributed by atoms with E-state index < -0.39 is 30.3 Å². The van der Waals surface area contributed by atoms with Crippen molar-refractivity contribution in [3.63, 3.8) is 0 Å². The van der Waals surface area contributed by atoms with Crippen LogP contribution in [0.1, 0.15) is 36.8 Å². The van der Waals surface area contributed by atoms with Crippen molar-refractivity contribution in [1.82, 2.24) is 15.1 Å². The molecule has 38 heavy (non-hydrogen) atoms. The lowest BCUT2D eigenvalue weighted by Gasteiger charge is -2.19. The maximum Gasteiger partial charge on any atom is 0.405 e. The molecule has 12 heteroatoms. The van der Waals surface area contributed by atoms with Crippen molar-refractivity contribution in [2.45, 2.75) is 38.5 Å². The fourth-order valence-electron chi connectivity index (χ4n) is 3.28. The number of carbonyl (C=O) groups excluding carboxylic acids is 1. The summed E-state index contributed by atoms with van der Waals surface area (Å²) in [6.45, 7) is 4.57. The summed E-state index contributed by atoms with van der Waals surface area (Å²) in [7, 11) is 0. The van der Waals surface area contributed by atoms with Gasteiger partial charge in [-0.15, -0.1) is 0 Å². The Balaban J connectivity index is 1.93. The van der Waals surface area contributed by atoms with Gasteiger partial charge in [0.05, 0.1) is 28.7 Å². The second kappa shape index (κ2) is 11.7. The van der Waals surface area contributed by atoms with Crippen LogP contribution in [0.15, 0.2) is 42.5 Å². The van der Waals surface area contributed by atoms with Gasteiger partial charge in [-0.1, -0.05) is 47.2 Å². The van der Waals surface area contributed by atoms with Gasteiger partial charge in [0.15, 0.2) is 5.69 Å². The third-order valence-electron chi connectivity index (χ3n) is 5.04. The first-order valence-corrected chi connectivity index (χ1v) is 12.1. The van der Waals surface area contributed by atoms with Crippen molar-refractivity contribution in [3.05, 3.63) is 63.8 Å². The van der Waals surface area contributed by atoms with Crippen LogP contribution in [0, 0.1) is 11.8 Å². The number of nitrogen functional groups attached to an aromatic ring is 1. The molecule has 0 saturated carbocycles. The lowest BCUT2D eigenvalue weighted by atomic mass is 10.1. The van der Waals surface area contributed by atoms with Gasteiger partial charge in [0.25, 0.3) is 5.91 Å². The monoisotopic (exact) mass is 567 g/mol. The summed E-state index contributed by atoms with van der Waals surface area (Å²) in [5.74, 6) is 4.95. The maximum atomic E-state index is 12.9. The Bertz CT molecular complexity index is 1370. The van der Waals surface area contributed by atoms with Crippen LogP contribution >= 0.6 is 23.2 Å². The number of nitrogens with two attached hydrogens (primary N) is 2. The summed E-state index contributed by atoms with van der Waals surface area (Å²) in [6, 6.07) is 9.64. The molecule has 0 spiro atoms. The average Bonchev–Trinajstić information content (AvgIpc) is 3.14. The Labute approximate surface area is 228 Å². The molecule has 3 rings (SSSR count). The largest absolute Gasteiger partial charge is 0.405 e. The number of amides is 1. The molecule has 0 saturated heterocycles. The van der Waals surface area contributed by atoms with Crippen LogP contribution in [0.2, 0.25) is 10.0 Å². The molecule has 0 aliphatic heterocycles. The Hall–Kier alpha value is -3.23. The number of carbonyl (C=O) groups is 1. The van der Waals surface area contributed by atoms with Gasteiger partial charge in [-0.3, -0.25) is 4.79 Å². The molecule has 0 bridgehead atoms. The van der Waals surface area contributed by atoms with Gasteiger partial charge >= 0.3 is 6.18 Å². The van der Waals surface area contributed by atoms with Gasteiger partial charge in [0, 0.05) is 21.7 Å². The van der Waals surface area contributed by atoms with E-state index in [1.807, 2.05) is 20.8 Å². The Morgan fingerprint density at radius 2 is 1.82 bits per heavy atom. The summed E-state index contributed by atoms with van der Waals surface area (Å²) in [5.41, 5.74) is 13.1. The Kier molecular flexibility index (Phi) is 9.00. The van der Waals surface area contributed by atoms with Gasteiger partial charge < -0.3 is 21.5 Å². The first-order valence-electron chi connectivity index (χ1n) is 11.3. The lowest BCUT2D eigenvalue weighted by Crippen LogP contribution is -2.41. The van der Waals surface area contributed by atoms with Crippen LogP contribution in [0.25, 0.3) is 16.9 Å². The number of anilines is 1. The highest BCUT2D eigenvalue weighted by molar-refractivity contribution is 6.32. The highest BCUT2D eigenvalue weighted by Gasteiger charge is 2.36. The number of nitrogens with zero attached hydrogens (tertiary/aromatic N) is 2. The molecule has 202 valence electrons. The number of ether oxygens (including phenoxy) is 1. The van der Waals surface area contributed by atoms with Gasteiger partial charge in [0.1, 0.15) is 12.6 Å². The van der Waals surface area contributed by atoms with Gasteiger partial charge in [0.2, 0.25) is 0 Å². The smallest absolute Gasteiger partial charge is 0.395 e. The van der Waals surface area contributed by atoms with E-state index in [4.69, 9.17) is 39.4 Å². The van der Waals surface area contributed by atoms with E-state index in [1.165, 1.54) is 4.68 Å². The summed E-state index contributed by atoms with van der Waals surface area (Å²) in [4.78, 5) is 12.9. The number of benzene rings is 2. The molecule has 0 radical (unpaired) electrons. The first kappa shape index (κ1) is 29.3. The van der Waals surface area contributed by atoms with Crippen molar-refractivity contribution in [1.29, 1.82) is 0 Å². The van der Waals surface area contributed by atoms with Crippen LogP contribution in [0.5, 0.6) is 0 Å². The summed E-state index contributed by atoms with van der Waals surface area (Å²) in [6.07, 6.45) is -4.54. The molecule has 1 aromatic heterocycles. The second-order valence-electron chi connectivity index (χ2n) is 9.36. The van der Waals surface area contributed by atoms with Crippen molar-refractivity contribution in [2.24, 2.45) is 5.73 Å². The van der Waals surface area contributed by atoms with Crippen LogP contribution in [-0.2, 0) is 4.74 Å². The van der Waals surface area contributed by atoms with Gasteiger partial charge in [-0.25, -0.2) is 4.68 Å². The topological polar surface area (TPSA) is 108 Å². The zero-order valence-electron chi connectivity index (χ0n) is 20.8. The van der Waals surface area contributed by atoms with E-state index in [2.05, 4.69) is 22.3 Å². The molecule has 2 aromatic carbocycles. The molecule has 7 nitrogen and oxygen atoms in total. The third kappa shape index (κ3) is 7.42. The third-order valence-corrected chi connectivity index (χ3v) is 5.60. The number of hydrogen-bond donors (Lipinski definition) is 3. The fourth-order valence-corrected chi connectivity index (χ4v) is 3.67. The Morgan fingerprint density at radius 3 is 2.39 bits per heavy atom. The van der Waals surface area contributed by atoms with Gasteiger partial charge in [-0.05, 0) is 51.1 Å². The minimum absolute atomic E-state index is 0.0269. The fraction of sp³-hybridized carbons (Fsp3) is 0.308. The van der Waals surface area contributed by atoms with Crippen molar-refractivity contribution < 1.29 is 22.7 Å². The number of nitrogens with one attached hydrogen (secondary N) is 1. The minimum Gasteiger partial charge on any atom is -0.395 e. The first-order chi connectivity index (χ1) is 17.7. The number of rotatable bonds is 6. The Morgan fingerprint density at radius 1 is 1.16 bits per heavy atom. The molecule has 1 amide bonds. The molecule has 1 heterocycles. The molecular formula is C26H26Cl2F3N5O2. The number of alkyl halides is 3. The standard InChI is InChI=1S/C26H26Cl2F3N5O2/c1-25(2,3)34-24(37)22-21(33)23(16-7-9-17(27)10-8-16)36(35-22)19-11-6-15(13-18(19)28)5-4-12-38-14-20(32)26(29,30)31/h6-11,13,20H,12,14,32-33H2,1-3H3,(H,34,37). The highest BCUT2D eigenvalue weighted by atomic mass is 35.5. The lowest BCUT2D eigenvalue weighted by molar-refractivity contribution is -0.158. The van der Waals surface area contributed by atoms with Crippen molar-refractivity contribution >= 4 is 34.8 Å². The predicted octanol–water partition coefficient (Wildman–Crippen LogP) is 5.21. The van der Waals surface area contributed by atoms with Crippen LogP contribution in [0.4, 0.5) is 18.9 Å². The average molecular weight is 568 g/mol. The zero-order chi connectivity index (χ0) is 28.3. The van der Waals surface area contributed by atoms with E-state index in [1.54, 1.807) is 42.5 Å². The summed E-state index contributed by atoms with van der Waals surface area (Å²) in [5, 5.41) is 8.10. The van der Waals surface area contributed by atoms with E-state index in [-0.39, 0.29) is 23.0 Å². The van der Waals surface area contributed by atoms with Gasteiger partial charge in [-0.2, -0.15) is 18.3 Å². The summed E-state index contributed by atoms with van der Waals surface area (Å²) >= 11 is 12.6. The van der Waals surface area contributed by atoms with E-state index in [0.717, 1.165) is 0 Å². The quantitative estimate of drug-likeness (QED) is 0.280. The maximum absolute atomic E-state index is 12.9. The van der Waals surface area contributed by atoms with Crippen LogP contribution < -0.4 is 16.8 Å². The molecule has 0 aliphatic carbocycles. The molecule has 0 aliphatic rings. The molecule has 0 fully saturated rings. The highest BCUT2D eigenvalue weighted by Crippen LogP contribution is 2.34. The molecule has 5 N–H and O–H groups in total. The second-order valence-corrected chi connectivity index (χ2v) is 10.2. The predicted molar refractivity (Wildman–Crippen MR) is 142 cm³/mol. The van der Waals surface area contributed by atoms with Crippen LogP contribution in [-0.4, -0.2) is 46.7 Å². The number of hydrogen-bond acceptors (Lipinski definition) is 5. The van der Waals surface area contributed by atoms with Crippen molar-refractivity contribution in [2.75, 3.05) is 18.9 Å². The van der Waals surface area contributed by atoms with E-state index in [0.29, 0.717) is 27.5 Å². The van der Waals surface area contributed by atoms with E-state index in [9.17, 15) is 18.0 Å². The number of halogens is 5. The van der Waals surface area contributed by atoms with E-state index >= 15 is 0 Å². The molecule has 3 aromatic rings. The molecule has 1 atom stereocenters. The van der Waals surface area contributed by atoms with Crippen molar-refractivity contribution in [3.8, 4) is 28.8 Å². The zero-order valence-corrected chi connectivity index (χ0v) is 22.3. The molecular weight excluding hydrogens is 542 g/mol.